The molecule has 3 saturated carbocycles. The Morgan fingerprint density at radius 1 is 1.07 bits per heavy atom. The van der Waals surface area contributed by atoms with Gasteiger partial charge < -0.3 is 15.5 Å². The van der Waals surface area contributed by atoms with Crippen LogP contribution in [0, 0.1) is 29.0 Å². The Hall–Kier alpha value is -4.04. The number of piperazine rings is 1. The first-order valence-corrected chi connectivity index (χ1v) is 16.8. The number of benzene rings is 3. The predicted molar refractivity (Wildman–Crippen MR) is 185 cm³/mol. The number of nitrogens with one attached hydrogen (secondary N) is 2. The van der Waals surface area contributed by atoms with Gasteiger partial charge in [-0.05, 0) is 85.3 Å². The summed E-state index contributed by atoms with van der Waals surface area (Å²) in [6.45, 7) is 12.6. The van der Waals surface area contributed by atoms with Crippen molar-refractivity contribution >= 4 is 22.5 Å². The van der Waals surface area contributed by atoms with E-state index in [1.165, 1.54) is 18.6 Å². The van der Waals surface area contributed by atoms with E-state index in [4.69, 9.17) is 9.98 Å². The molecule has 0 radical (unpaired) electrons. The fraction of sp³-hybridized carbons (Fsp3) is 0.447. The van der Waals surface area contributed by atoms with Crippen LogP contribution in [-0.4, -0.2) is 52.1 Å². The zero-order valence-corrected chi connectivity index (χ0v) is 27.3. The number of halogens is 1. The van der Waals surface area contributed by atoms with Crippen molar-refractivity contribution < 1.29 is 4.39 Å². The third kappa shape index (κ3) is 5.83. The van der Waals surface area contributed by atoms with Crippen LogP contribution in [0.1, 0.15) is 46.1 Å². The number of hydrogen-bond acceptors (Lipinski definition) is 4. The van der Waals surface area contributed by atoms with E-state index >= 15 is 0 Å². The van der Waals surface area contributed by atoms with Gasteiger partial charge in [-0.1, -0.05) is 63.2 Å². The molecule has 2 bridgehead atoms. The topological polar surface area (TPSA) is 74.5 Å². The summed E-state index contributed by atoms with van der Waals surface area (Å²) < 4.78 is 15.3. The fourth-order valence-corrected chi connectivity index (χ4v) is 8.10. The van der Waals surface area contributed by atoms with E-state index < -0.39 is 0 Å². The van der Waals surface area contributed by atoms with Gasteiger partial charge >= 0.3 is 0 Å². The van der Waals surface area contributed by atoms with Crippen LogP contribution in [-0.2, 0) is 13.0 Å². The van der Waals surface area contributed by atoms with Crippen LogP contribution in [0.5, 0.6) is 0 Å². The maximum Gasteiger partial charge on any atom is 0.261 e. The van der Waals surface area contributed by atoms with Gasteiger partial charge in [-0.25, -0.2) is 14.4 Å². The Morgan fingerprint density at radius 3 is 2.57 bits per heavy atom. The maximum absolute atomic E-state index is 14.0. The van der Waals surface area contributed by atoms with Crippen molar-refractivity contribution in [3.63, 3.8) is 0 Å². The number of rotatable bonds is 6. The van der Waals surface area contributed by atoms with Gasteiger partial charge in [-0.15, -0.1) is 0 Å². The van der Waals surface area contributed by atoms with Crippen LogP contribution in [0.2, 0.25) is 0 Å². The molecule has 8 rings (SSSR count). The summed E-state index contributed by atoms with van der Waals surface area (Å²) in [5.74, 6) is 3.26. The lowest BCUT2D eigenvalue weighted by Crippen LogP contribution is -2.57. The van der Waals surface area contributed by atoms with Gasteiger partial charge in [0.15, 0.2) is 5.96 Å². The molecule has 1 aliphatic heterocycles. The second-order valence-corrected chi connectivity index (χ2v) is 14.3. The van der Waals surface area contributed by atoms with Crippen molar-refractivity contribution in [3.8, 4) is 11.4 Å². The molecule has 0 unspecified atom stereocenters. The summed E-state index contributed by atoms with van der Waals surface area (Å²) in [5, 5.41) is 7.82. The van der Waals surface area contributed by atoms with Crippen molar-refractivity contribution in [1.29, 1.82) is 0 Å². The van der Waals surface area contributed by atoms with Gasteiger partial charge in [0, 0.05) is 43.5 Å². The van der Waals surface area contributed by atoms with E-state index in [1.54, 1.807) is 16.7 Å². The van der Waals surface area contributed by atoms with Gasteiger partial charge in [-0.3, -0.25) is 9.36 Å². The fourth-order valence-electron chi connectivity index (χ4n) is 8.10. The van der Waals surface area contributed by atoms with Gasteiger partial charge in [0.05, 0.1) is 16.9 Å². The van der Waals surface area contributed by atoms with Gasteiger partial charge in [0.2, 0.25) is 0 Å². The summed E-state index contributed by atoms with van der Waals surface area (Å²) in [7, 11) is 0. The molecule has 46 heavy (non-hydrogen) atoms. The summed E-state index contributed by atoms with van der Waals surface area (Å²) >= 11 is 0. The number of aliphatic imine (C=N–C) groups is 1. The molecule has 4 aromatic rings. The molecule has 0 amide bonds. The molecular weight excluding hydrogens is 575 g/mol. The number of anilines is 1. The first-order valence-electron chi connectivity index (χ1n) is 16.8. The van der Waals surface area contributed by atoms with Crippen molar-refractivity contribution in [1.82, 2.24) is 19.8 Å². The second-order valence-electron chi connectivity index (χ2n) is 14.3. The number of guanidine groups is 1. The Morgan fingerprint density at radius 2 is 1.85 bits per heavy atom. The Bertz CT molecular complexity index is 1800. The number of aromatic nitrogens is 2. The smallest absolute Gasteiger partial charge is 0.261 e. The average Bonchev–Trinajstić information content (AvgIpc) is 3.05. The van der Waals surface area contributed by atoms with Crippen LogP contribution < -0.4 is 16.2 Å². The monoisotopic (exact) mass is 620 g/mol. The lowest BCUT2D eigenvalue weighted by Gasteiger charge is -2.61. The number of fused-ring (bicyclic) bond motifs is 3. The zero-order chi connectivity index (χ0) is 32.0. The molecule has 8 heteroatoms. The van der Waals surface area contributed by atoms with Gasteiger partial charge in [0.1, 0.15) is 11.6 Å². The van der Waals surface area contributed by atoms with E-state index in [9.17, 15) is 9.18 Å². The third-order valence-corrected chi connectivity index (χ3v) is 11.1. The molecule has 4 aliphatic rings. The predicted octanol–water partition coefficient (Wildman–Crippen LogP) is 6.58. The largest absolute Gasteiger partial charge is 0.340 e. The van der Waals surface area contributed by atoms with Crippen LogP contribution in [0.3, 0.4) is 0 Å². The lowest BCUT2D eigenvalue weighted by molar-refractivity contribution is -0.108. The summed E-state index contributed by atoms with van der Waals surface area (Å²) in [5.41, 5.74) is 3.70. The van der Waals surface area contributed by atoms with Crippen molar-refractivity contribution in [2.45, 2.75) is 65.6 Å². The zero-order valence-electron chi connectivity index (χ0n) is 27.3. The minimum atomic E-state index is -0.267. The minimum Gasteiger partial charge on any atom is -0.340 e. The summed E-state index contributed by atoms with van der Waals surface area (Å²) in [6.07, 6.45) is 3.05. The van der Waals surface area contributed by atoms with Crippen LogP contribution in [0.4, 0.5) is 10.1 Å². The highest BCUT2D eigenvalue weighted by Gasteiger charge is 2.56. The number of hydrogen-bond donors (Lipinski definition) is 2. The van der Waals surface area contributed by atoms with E-state index in [0.29, 0.717) is 53.1 Å². The molecule has 7 nitrogen and oxygen atoms in total. The molecule has 1 aromatic heterocycles. The molecular formula is C38H45FN6O. The summed E-state index contributed by atoms with van der Waals surface area (Å²) in [6, 6.07) is 22.8. The van der Waals surface area contributed by atoms with E-state index in [1.807, 2.05) is 48.5 Å². The average molecular weight is 621 g/mol. The molecule has 3 aromatic carbocycles. The van der Waals surface area contributed by atoms with E-state index in [0.717, 1.165) is 60.7 Å². The number of nitrogens with zero attached hydrogens (tertiary/aromatic N) is 4. The standard InChI is InChI=1S/C38H45FN6O/c1-24-23-44(19-17-40-24)37(43-33-21-28-20-32(25(33)2)38(28,3)4)41-30-14-15-31-34(22-30)42-35(27-8-6-5-7-9-27)45(36(31)46)18-16-26-10-12-29(39)13-11-26/h5-15,22,24-25,28,32-33,40H,16-21,23H2,1-4H3,(H,41,43)/t24-,25-,28+,32-,33-/m0/s1. The normalized spacial score (nSPS) is 25.7. The van der Waals surface area contributed by atoms with Crippen molar-refractivity contribution in [2.24, 2.45) is 28.2 Å². The van der Waals surface area contributed by atoms with Crippen LogP contribution in [0.15, 0.2) is 82.6 Å². The molecule has 3 aliphatic carbocycles. The molecule has 2 heterocycles. The summed E-state index contributed by atoms with van der Waals surface area (Å²) in [4.78, 5) is 26.9. The van der Waals surface area contributed by atoms with Gasteiger partial charge in [-0.2, -0.15) is 0 Å². The first-order chi connectivity index (χ1) is 22.2. The van der Waals surface area contributed by atoms with Crippen LogP contribution in [0.25, 0.3) is 22.3 Å². The quantitative estimate of drug-likeness (QED) is 0.188. The maximum atomic E-state index is 14.0. The number of aryl methyl sites for hydroxylation is 1. The molecule has 240 valence electrons. The SMILES string of the molecule is C[C@@H]1[C@@H](N=C(Nc2ccc3c(=O)n(CCc4ccc(F)cc4)c(-c4ccccc4)nc3c2)N2CCN[C@@H](C)C2)C[C@H]2C[C@@H]1C2(C)C. The Kier molecular flexibility index (Phi) is 8.17. The van der Waals surface area contributed by atoms with E-state index in [2.05, 4.69) is 43.2 Å². The molecule has 1 saturated heterocycles. The highest BCUT2D eigenvalue weighted by molar-refractivity contribution is 5.96. The molecule has 0 spiro atoms. The second kappa shape index (κ2) is 12.3. The molecule has 4 fully saturated rings. The Balaban J connectivity index is 1.23. The highest BCUT2D eigenvalue weighted by Crippen LogP contribution is 2.61. The van der Waals surface area contributed by atoms with E-state index in [-0.39, 0.29) is 11.4 Å². The molecule has 5 atom stereocenters. The minimum absolute atomic E-state index is 0.0831. The van der Waals surface area contributed by atoms with Crippen molar-refractivity contribution in [2.75, 3.05) is 25.0 Å². The van der Waals surface area contributed by atoms with Gasteiger partial charge in [0.25, 0.3) is 5.56 Å². The van der Waals surface area contributed by atoms with Crippen molar-refractivity contribution in [3.05, 3.63) is 94.5 Å². The third-order valence-electron chi connectivity index (χ3n) is 11.1. The molecule has 2 N–H and O–H groups in total. The lowest BCUT2D eigenvalue weighted by atomic mass is 9.45. The Labute approximate surface area is 271 Å². The highest BCUT2D eigenvalue weighted by atomic mass is 19.1. The first kappa shape index (κ1) is 30.6. The van der Waals surface area contributed by atoms with Crippen LogP contribution >= 0.6 is 0 Å².